The molecule has 1 aromatic rings. The van der Waals surface area contributed by atoms with Crippen molar-refractivity contribution in [2.45, 2.75) is 6.54 Å². The fraction of sp³-hybridized carbons (Fsp3) is 0.300. The molecule has 16 heavy (non-hydrogen) atoms. The SMILES string of the molecule is NCc1cc(N2CC(=O)NC(=O)C2)ccn1. The first-order valence-corrected chi connectivity index (χ1v) is 4.91. The number of nitrogens with two attached hydrogens (primary N) is 1. The maximum atomic E-state index is 11.2. The van der Waals surface area contributed by atoms with E-state index >= 15 is 0 Å². The lowest BCUT2D eigenvalue weighted by Crippen LogP contribution is -2.51. The van der Waals surface area contributed by atoms with E-state index in [-0.39, 0.29) is 24.9 Å². The van der Waals surface area contributed by atoms with Crippen molar-refractivity contribution in [1.82, 2.24) is 10.3 Å². The number of aromatic nitrogens is 1. The largest absolute Gasteiger partial charge is 0.353 e. The number of rotatable bonds is 2. The third-order valence-corrected chi connectivity index (χ3v) is 2.32. The highest BCUT2D eigenvalue weighted by molar-refractivity contribution is 6.02. The summed E-state index contributed by atoms with van der Waals surface area (Å²) in [5, 5.41) is 2.25. The van der Waals surface area contributed by atoms with Crippen LogP contribution in [-0.4, -0.2) is 29.9 Å². The molecule has 2 heterocycles. The summed E-state index contributed by atoms with van der Waals surface area (Å²) < 4.78 is 0. The van der Waals surface area contributed by atoms with Gasteiger partial charge in [0.15, 0.2) is 0 Å². The fourth-order valence-electron chi connectivity index (χ4n) is 1.59. The van der Waals surface area contributed by atoms with E-state index < -0.39 is 0 Å². The van der Waals surface area contributed by atoms with Gasteiger partial charge >= 0.3 is 0 Å². The first kappa shape index (κ1) is 10.6. The minimum absolute atomic E-state index is 0.180. The minimum Gasteiger partial charge on any atom is -0.353 e. The number of amides is 2. The number of carbonyl (C=O) groups is 2. The van der Waals surface area contributed by atoms with Gasteiger partial charge in [-0.15, -0.1) is 0 Å². The molecule has 6 nitrogen and oxygen atoms in total. The van der Waals surface area contributed by atoms with Gasteiger partial charge in [-0.3, -0.25) is 19.9 Å². The van der Waals surface area contributed by atoms with Crippen LogP contribution in [0.25, 0.3) is 0 Å². The molecule has 0 atom stereocenters. The van der Waals surface area contributed by atoms with Crippen LogP contribution < -0.4 is 16.0 Å². The van der Waals surface area contributed by atoms with Crippen molar-refractivity contribution in [3.05, 3.63) is 24.0 Å². The van der Waals surface area contributed by atoms with Gasteiger partial charge in [-0.25, -0.2) is 0 Å². The average Bonchev–Trinajstić information content (AvgIpc) is 2.28. The van der Waals surface area contributed by atoms with E-state index in [4.69, 9.17) is 5.73 Å². The van der Waals surface area contributed by atoms with Crippen molar-refractivity contribution in [2.24, 2.45) is 5.73 Å². The number of nitrogens with one attached hydrogen (secondary N) is 1. The van der Waals surface area contributed by atoms with Gasteiger partial charge in [0.2, 0.25) is 11.8 Å². The van der Waals surface area contributed by atoms with Crippen LogP contribution in [0.1, 0.15) is 5.69 Å². The van der Waals surface area contributed by atoms with Crippen LogP contribution in [0.3, 0.4) is 0 Å². The first-order chi connectivity index (χ1) is 7.69. The van der Waals surface area contributed by atoms with Crippen LogP contribution in [0.5, 0.6) is 0 Å². The Bertz CT molecular complexity index is 417. The van der Waals surface area contributed by atoms with Gasteiger partial charge in [0, 0.05) is 18.4 Å². The van der Waals surface area contributed by atoms with Crippen LogP contribution >= 0.6 is 0 Å². The highest BCUT2D eigenvalue weighted by Crippen LogP contribution is 2.15. The monoisotopic (exact) mass is 220 g/mol. The Morgan fingerprint density at radius 3 is 2.69 bits per heavy atom. The van der Waals surface area contributed by atoms with Gasteiger partial charge in [0.25, 0.3) is 0 Å². The molecule has 0 saturated carbocycles. The zero-order valence-electron chi connectivity index (χ0n) is 8.64. The van der Waals surface area contributed by atoms with E-state index in [2.05, 4.69) is 10.3 Å². The van der Waals surface area contributed by atoms with E-state index in [0.717, 1.165) is 11.4 Å². The Kier molecular flexibility index (Phi) is 2.82. The van der Waals surface area contributed by atoms with E-state index in [0.29, 0.717) is 6.54 Å². The van der Waals surface area contributed by atoms with E-state index in [9.17, 15) is 9.59 Å². The Morgan fingerprint density at radius 2 is 2.06 bits per heavy atom. The van der Waals surface area contributed by atoms with E-state index in [1.165, 1.54) is 0 Å². The number of hydrogen-bond acceptors (Lipinski definition) is 5. The van der Waals surface area contributed by atoms with Gasteiger partial charge in [-0.2, -0.15) is 0 Å². The van der Waals surface area contributed by atoms with Crippen molar-refractivity contribution in [3.8, 4) is 0 Å². The highest BCUT2D eigenvalue weighted by Gasteiger charge is 2.22. The van der Waals surface area contributed by atoms with Crippen molar-refractivity contribution in [2.75, 3.05) is 18.0 Å². The second-order valence-corrected chi connectivity index (χ2v) is 3.54. The minimum atomic E-state index is -0.289. The Hall–Kier alpha value is -1.95. The number of imide groups is 1. The predicted octanol–water partition coefficient (Wildman–Crippen LogP) is -0.997. The van der Waals surface area contributed by atoms with Crippen molar-refractivity contribution < 1.29 is 9.59 Å². The Labute approximate surface area is 92.4 Å². The van der Waals surface area contributed by atoms with Crippen molar-refractivity contribution >= 4 is 17.5 Å². The summed E-state index contributed by atoms with van der Waals surface area (Å²) in [5.74, 6) is -0.579. The lowest BCUT2D eigenvalue weighted by molar-refractivity contribution is -0.130. The molecule has 0 bridgehead atoms. The predicted molar refractivity (Wildman–Crippen MR) is 57.5 cm³/mol. The summed E-state index contributed by atoms with van der Waals surface area (Å²) in [6.45, 7) is 0.696. The number of pyridine rings is 1. The second kappa shape index (κ2) is 4.28. The Balaban J connectivity index is 2.22. The molecule has 1 fully saturated rings. The van der Waals surface area contributed by atoms with E-state index in [1.54, 1.807) is 23.2 Å². The van der Waals surface area contributed by atoms with Crippen molar-refractivity contribution in [3.63, 3.8) is 0 Å². The molecule has 2 rings (SSSR count). The molecular weight excluding hydrogens is 208 g/mol. The Morgan fingerprint density at radius 1 is 1.38 bits per heavy atom. The molecule has 6 heteroatoms. The molecule has 84 valence electrons. The van der Waals surface area contributed by atoms with Crippen LogP contribution in [0.2, 0.25) is 0 Å². The third-order valence-electron chi connectivity index (χ3n) is 2.32. The first-order valence-electron chi connectivity index (χ1n) is 4.91. The molecule has 1 aliphatic heterocycles. The summed E-state index contributed by atoms with van der Waals surface area (Å²) in [5.41, 5.74) is 7.00. The number of anilines is 1. The molecular formula is C10H12N4O2. The van der Waals surface area contributed by atoms with Crippen LogP contribution in [0.4, 0.5) is 5.69 Å². The van der Waals surface area contributed by atoms with Gasteiger partial charge in [-0.05, 0) is 12.1 Å². The van der Waals surface area contributed by atoms with Gasteiger partial charge in [0.05, 0.1) is 18.8 Å². The van der Waals surface area contributed by atoms with Crippen molar-refractivity contribution in [1.29, 1.82) is 0 Å². The molecule has 1 aliphatic rings. The maximum Gasteiger partial charge on any atom is 0.246 e. The standard InChI is InChI=1S/C10H12N4O2/c11-4-7-3-8(1-2-12-7)14-5-9(15)13-10(16)6-14/h1-3H,4-6,11H2,(H,13,15,16). The summed E-state index contributed by atoms with van der Waals surface area (Å²) in [6, 6.07) is 3.54. The van der Waals surface area contributed by atoms with Crippen LogP contribution in [0.15, 0.2) is 18.3 Å². The molecule has 0 radical (unpaired) electrons. The number of piperazine rings is 1. The topological polar surface area (TPSA) is 88.3 Å². The van der Waals surface area contributed by atoms with Crippen LogP contribution in [-0.2, 0) is 16.1 Å². The number of nitrogens with zero attached hydrogens (tertiary/aromatic N) is 2. The van der Waals surface area contributed by atoms with Crippen LogP contribution in [0, 0.1) is 0 Å². The second-order valence-electron chi connectivity index (χ2n) is 3.54. The normalized spacial score (nSPS) is 16.2. The molecule has 1 saturated heterocycles. The quantitative estimate of drug-likeness (QED) is 0.624. The molecule has 0 aliphatic carbocycles. The summed E-state index contributed by atoms with van der Waals surface area (Å²) in [6.07, 6.45) is 1.62. The lowest BCUT2D eigenvalue weighted by atomic mass is 10.2. The zero-order chi connectivity index (χ0) is 11.5. The number of carbonyl (C=O) groups excluding carboxylic acids is 2. The van der Waals surface area contributed by atoms with E-state index in [1.807, 2.05) is 0 Å². The third kappa shape index (κ3) is 2.17. The molecule has 0 unspecified atom stereocenters. The summed E-state index contributed by atoms with van der Waals surface area (Å²) in [7, 11) is 0. The fourth-order valence-corrected chi connectivity index (χ4v) is 1.59. The number of hydrogen-bond donors (Lipinski definition) is 2. The lowest BCUT2D eigenvalue weighted by Gasteiger charge is -2.27. The van der Waals surface area contributed by atoms with Gasteiger partial charge in [0.1, 0.15) is 0 Å². The smallest absolute Gasteiger partial charge is 0.246 e. The van der Waals surface area contributed by atoms with Gasteiger partial charge < -0.3 is 10.6 Å². The molecule has 0 spiro atoms. The summed E-state index contributed by atoms with van der Waals surface area (Å²) >= 11 is 0. The highest BCUT2D eigenvalue weighted by atomic mass is 16.2. The summed E-state index contributed by atoms with van der Waals surface area (Å²) in [4.78, 5) is 28.1. The molecule has 0 aromatic carbocycles. The van der Waals surface area contributed by atoms with Gasteiger partial charge in [-0.1, -0.05) is 0 Å². The molecule has 1 aromatic heterocycles. The molecule has 3 N–H and O–H groups in total. The maximum absolute atomic E-state index is 11.2. The molecule has 2 amide bonds. The average molecular weight is 220 g/mol. The zero-order valence-corrected chi connectivity index (χ0v) is 8.64.